The maximum absolute atomic E-state index is 11.6. The molecule has 1 atom stereocenters. The molecule has 2 rings (SSSR count). The van der Waals surface area contributed by atoms with Gasteiger partial charge in [-0.2, -0.15) is 0 Å². The third-order valence-corrected chi connectivity index (χ3v) is 3.45. The number of halogens is 2. The van der Waals surface area contributed by atoms with Crippen LogP contribution in [0.4, 0.5) is 4.79 Å². The number of carbonyl (C=O) groups is 1. The fraction of sp³-hybridized carbons (Fsp3) is 0.214. The Balaban J connectivity index is 1.83. The molecule has 0 radical (unpaired) electrons. The zero-order valence-electron chi connectivity index (χ0n) is 11.0. The standard InChI is InChI=1S/C14H14Cl2N2O3/c15-10-4-1-5-11(16)13(10)12(19)8-18-14(20)17-7-9-3-2-6-21-9/h1-6,12,19H,7-8H2,(H2,17,18,20)/t12-/m0/s1. The van der Waals surface area contributed by atoms with Crippen molar-refractivity contribution >= 4 is 29.2 Å². The van der Waals surface area contributed by atoms with E-state index in [1.165, 1.54) is 6.26 Å². The minimum absolute atomic E-state index is 0.00651. The van der Waals surface area contributed by atoms with Crippen molar-refractivity contribution < 1.29 is 14.3 Å². The molecule has 0 saturated carbocycles. The van der Waals surface area contributed by atoms with Crippen LogP contribution in [0.15, 0.2) is 41.0 Å². The number of furan rings is 1. The summed E-state index contributed by atoms with van der Waals surface area (Å²) in [4.78, 5) is 11.6. The van der Waals surface area contributed by atoms with Crippen LogP contribution in [-0.4, -0.2) is 17.7 Å². The SMILES string of the molecule is O=C(NCc1ccco1)NC[C@H](O)c1c(Cl)cccc1Cl. The third-order valence-electron chi connectivity index (χ3n) is 2.79. The van der Waals surface area contributed by atoms with Gasteiger partial charge in [0.15, 0.2) is 0 Å². The molecule has 2 amide bonds. The van der Waals surface area contributed by atoms with Crippen LogP contribution in [0.1, 0.15) is 17.4 Å². The van der Waals surface area contributed by atoms with Crippen LogP contribution in [0.25, 0.3) is 0 Å². The van der Waals surface area contributed by atoms with Crippen molar-refractivity contribution in [2.45, 2.75) is 12.6 Å². The summed E-state index contributed by atoms with van der Waals surface area (Å²) in [5, 5.41) is 15.9. The largest absolute Gasteiger partial charge is 0.467 e. The van der Waals surface area contributed by atoms with E-state index in [9.17, 15) is 9.90 Å². The van der Waals surface area contributed by atoms with Gasteiger partial charge >= 0.3 is 6.03 Å². The van der Waals surface area contributed by atoms with Crippen LogP contribution in [0.5, 0.6) is 0 Å². The summed E-state index contributed by atoms with van der Waals surface area (Å²) in [5.41, 5.74) is 0.396. The molecular formula is C14H14Cl2N2O3. The molecule has 0 aliphatic carbocycles. The number of rotatable bonds is 5. The second kappa shape index (κ2) is 7.36. The maximum Gasteiger partial charge on any atom is 0.315 e. The van der Waals surface area contributed by atoms with Gasteiger partial charge in [-0.05, 0) is 24.3 Å². The van der Waals surface area contributed by atoms with E-state index in [0.29, 0.717) is 21.4 Å². The minimum atomic E-state index is -0.986. The van der Waals surface area contributed by atoms with Gasteiger partial charge in [0.05, 0.1) is 18.9 Å². The molecule has 0 aliphatic rings. The molecule has 7 heteroatoms. The lowest BCUT2D eigenvalue weighted by Gasteiger charge is -2.15. The van der Waals surface area contributed by atoms with Crippen molar-refractivity contribution in [3.63, 3.8) is 0 Å². The first-order chi connectivity index (χ1) is 10.1. The summed E-state index contributed by atoms with van der Waals surface area (Å²) >= 11 is 12.0. The molecule has 1 heterocycles. The summed E-state index contributed by atoms with van der Waals surface area (Å²) in [6.45, 7) is 0.259. The summed E-state index contributed by atoms with van der Waals surface area (Å²) in [6.07, 6.45) is 0.540. The fourth-order valence-corrected chi connectivity index (χ4v) is 2.41. The average molecular weight is 329 g/mol. The summed E-state index contributed by atoms with van der Waals surface area (Å²) in [5.74, 6) is 0.639. The van der Waals surface area contributed by atoms with Crippen molar-refractivity contribution in [3.05, 3.63) is 58.0 Å². The Morgan fingerprint density at radius 3 is 2.52 bits per heavy atom. The lowest BCUT2D eigenvalue weighted by atomic mass is 10.1. The van der Waals surface area contributed by atoms with Crippen LogP contribution in [0.3, 0.4) is 0 Å². The molecule has 0 spiro atoms. The number of carbonyl (C=O) groups excluding carboxylic acids is 1. The van der Waals surface area contributed by atoms with Crippen molar-refractivity contribution in [2.75, 3.05) is 6.54 Å². The van der Waals surface area contributed by atoms with E-state index in [2.05, 4.69) is 10.6 Å². The third kappa shape index (κ3) is 4.39. The predicted molar refractivity (Wildman–Crippen MR) is 80.4 cm³/mol. The Kier molecular flexibility index (Phi) is 5.50. The number of aliphatic hydroxyl groups excluding tert-OH is 1. The number of urea groups is 1. The molecule has 0 aliphatic heterocycles. The van der Waals surface area contributed by atoms with Crippen molar-refractivity contribution in [2.24, 2.45) is 0 Å². The van der Waals surface area contributed by atoms with Crippen molar-refractivity contribution in [3.8, 4) is 0 Å². The molecule has 0 unspecified atom stereocenters. The quantitative estimate of drug-likeness (QED) is 0.789. The Bertz CT molecular complexity index is 582. The second-order valence-corrected chi connectivity index (χ2v) is 5.11. The summed E-state index contributed by atoms with van der Waals surface area (Å²) in [7, 11) is 0. The first kappa shape index (κ1) is 15.7. The summed E-state index contributed by atoms with van der Waals surface area (Å²) in [6, 6.07) is 8.00. The number of hydrogen-bond donors (Lipinski definition) is 3. The average Bonchev–Trinajstić information content (AvgIpc) is 2.96. The Hall–Kier alpha value is -1.69. The first-order valence-electron chi connectivity index (χ1n) is 6.24. The number of benzene rings is 1. The molecule has 3 N–H and O–H groups in total. The van der Waals surface area contributed by atoms with E-state index >= 15 is 0 Å². The van der Waals surface area contributed by atoms with Gasteiger partial charge in [-0.3, -0.25) is 0 Å². The molecule has 0 saturated heterocycles. The van der Waals surface area contributed by atoms with Crippen LogP contribution >= 0.6 is 23.2 Å². The van der Waals surface area contributed by atoms with Gasteiger partial charge in [0.2, 0.25) is 0 Å². The zero-order valence-corrected chi connectivity index (χ0v) is 12.5. The van der Waals surface area contributed by atoms with E-state index in [-0.39, 0.29) is 13.1 Å². The normalized spacial score (nSPS) is 12.0. The Labute approximate surface area is 131 Å². The lowest BCUT2D eigenvalue weighted by molar-refractivity contribution is 0.173. The van der Waals surface area contributed by atoms with Crippen LogP contribution < -0.4 is 10.6 Å². The molecule has 112 valence electrons. The van der Waals surface area contributed by atoms with Gasteiger partial charge in [-0.1, -0.05) is 29.3 Å². The van der Waals surface area contributed by atoms with Gasteiger partial charge in [0, 0.05) is 22.2 Å². The van der Waals surface area contributed by atoms with Crippen molar-refractivity contribution in [1.29, 1.82) is 0 Å². The van der Waals surface area contributed by atoms with Gasteiger partial charge < -0.3 is 20.2 Å². The Morgan fingerprint density at radius 1 is 1.19 bits per heavy atom. The number of amides is 2. The van der Waals surface area contributed by atoms with Gasteiger partial charge in [0.25, 0.3) is 0 Å². The highest BCUT2D eigenvalue weighted by Crippen LogP contribution is 2.29. The van der Waals surface area contributed by atoms with E-state index in [0.717, 1.165) is 0 Å². The minimum Gasteiger partial charge on any atom is -0.467 e. The van der Waals surface area contributed by atoms with Crippen molar-refractivity contribution in [1.82, 2.24) is 10.6 Å². The highest BCUT2D eigenvalue weighted by molar-refractivity contribution is 6.36. The predicted octanol–water partition coefficient (Wildman–Crippen LogP) is 3.12. The van der Waals surface area contributed by atoms with Gasteiger partial charge in [0.1, 0.15) is 5.76 Å². The van der Waals surface area contributed by atoms with Crippen LogP contribution in [0.2, 0.25) is 10.0 Å². The molecule has 2 aromatic rings. The smallest absolute Gasteiger partial charge is 0.315 e. The second-order valence-electron chi connectivity index (χ2n) is 4.29. The number of aliphatic hydroxyl groups is 1. The first-order valence-corrected chi connectivity index (χ1v) is 6.99. The fourth-order valence-electron chi connectivity index (χ4n) is 1.76. The molecule has 0 bridgehead atoms. The van der Waals surface area contributed by atoms with E-state index < -0.39 is 12.1 Å². The highest BCUT2D eigenvalue weighted by Gasteiger charge is 2.16. The summed E-state index contributed by atoms with van der Waals surface area (Å²) < 4.78 is 5.08. The molecule has 1 aromatic carbocycles. The number of nitrogens with one attached hydrogen (secondary N) is 2. The molecule has 1 aromatic heterocycles. The molecule has 21 heavy (non-hydrogen) atoms. The Morgan fingerprint density at radius 2 is 1.90 bits per heavy atom. The van der Waals surface area contributed by atoms with Crippen LogP contribution in [-0.2, 0) is 6.54 Å². The molecule has 5 nitrogen and oxygen atoms in total. The molecule has 0 fully saturated rings. The highest BCUT2D eigenvalue weighted by atomic mass is 35.5. The zero-order chi connectivity index (χ0) is 15.2. The monoisotopic (exact) mass is 328 g/mol. The topological polar surface area (TPSA) is 74.5 Å². The van der Waals surface area contributed by atoms with Crippen LogP contribution in [0, 0.1) is 0 Å². The number of hydrogen-bond acceptors (Lipinski definition) is 3. The maximum atomic E-state index is 11.6. The van der Waals surface area contributed by atoms with E-state index in [4.69, 9.17) is 27.6 Å². The van der Waals surface area contributed by atoms with E-state index in [1.807, 2.05) is 0 Å². The molecular weight excluding hydrogens is 315 g/mol. The van der Waals surface area contributed by atoms with Gasteiger partial charge in [-0.15, -0.1) is 0 Å². The lowest BCUT2D eigenvalue weighted by Crippen LogP contribution is -2.37. The van der Waals surface area contributed by atoms with Gasteiger partial charge in [-0.25, -0.2) is 4.79 Å². The van der Waals surface area contributed by atoms with E-state index in [1.54, 1.807) is 30.3 Å².